The number of sulfonamides is 1. The van der Waals surface area contributed by atoms with Crippen LogP contribution in [0.3, 0.4) is 0 Å². The first-order valence-corrected chi connectivity index (χ1v) is 11.8. The summed E-state index contributed by atoms with van der Waals surface area (Å²) in [7, 11) is -0.779. The fraction of sp³-hybridized carbons (Fsp3) is 0.208. The average Bonchev–Trinajstić information content (AvgIpc) is 3.25. The van der Waals surface area contributed by atoms with Gasteiger partial charge in [-0.15, -0.1) is 0 Å². The van der Waals surface area contributed by atoms with Gasteiger partial charge in [-0.3, -0.25) is 0 Å². The molecule has 0 saturated heterocycles. The topological polar surface area (TPSA) is 68.2 Å². The number of benzene rings is 3. The zero-order valence-corrected chi connectivity index (χ0v) is 19.5. The summed E-state index contributed by atoms with van der Waals surface area (Å²) >= 11 is 6.22. The lowest BCUT2D eigenvalue weighted by Crippen LogP contribution is -2.27. The van der Waals surface area contributed by atoms with Gasteiger partial charge in [0.25, 0.3) is 10.0 Å². The SMILES string of the molecule is COc1ccc(C2=NN(S(=O)(=O)c3ccccc3C)[C@@H](c3cccc(Cl)c3)C2)cc1OC. The van der Waals surface area contributed by atoms with Gasteiger partial charge in [-0.05, 0) is 54.4 Å². The summed E-state index contributed by atoms with van der Waals surface area (Å²) < 4.78 is 39.3. The minimum absolute atomic E-state index is 0.226. The molecule has 0 spiro atoms. The van der Waals surface area contributed by atoms with Crippen LogP contribution in [0.2, 0.25) is 5.02 Å². The Kier molecular flexibility index (Phi) is 6.13. The second-order valence-electron chi connectivity index (χ2n) is 7.43. The van der Waals surface area contributed by atoms with E-state index in [0.717, 1.165) is 11.1 Å². The van der Waals surface area contributed by atoms with Gasteiger partial charge in [-0.1, -0.05) is 41.9 Å². The highest BCUT2D eigenvalue weighted by molar-refractivity contribution is 7.89. The maximum absolute atomic E-state index is 13.7. The van der Waals surface area contributed by atoms with Crippen molar-refractivity contribution in [3.63, 3.8) is 0 Å². The normalized spacial score (nSPS) is 16.1. The van der Waals surface area contributed by atoms with E-state index in [9.17, 15) is 8.42 Å². The van der Waals surface area contributed by atoms with Crippen molar-refractivity contribution in [2.75, 3.05) is 14.2 Å². The van der Waals surface area contributed by atoms with E-state index >= 15 is 0 Å². The number of methoxy groups -OCH3 is 2. The summed E-state index contributed by atoms with van der Waals surface area (Å²) in [5, 5.41) is 5.13. The van der Waals surface area contributed by atoms with Crippen LogP contribution in [-0.2, 0) is 10.0 Å². The fourth-order valence-electron chi connectivity index (χ4n) is 3.81. The van der Waals surface area contributed by atoms with Gasteiger partial charge >= 0.3 is 0 Å². The van der Waals surface area contributed by atoms with Gasteiger partial charge in [0.1, 0.15) is 0 Å². The van der Waals surface area contributed by atoms with Gasteiger partial charge in [0.2, 0.25) is 0 Å². The third kappa shape index (κ3) is 4.06. The van der Waals surface area contributed by atoms with E-state index in [1.807, 2.05) is 24.3 Å². The molecule has 0 aromatic heterocycles. The quantitative estimate of drug-likeness (QED) is 0.496. The van der Waals surface area contributed by atoms with Crippen LogP contribution in [0.5, 0.6) is 11.5 Å². The first-order chi connectivity index (χ1) is 15.3. The maximum atomic E-state index is 13.7. The highest BCUT2D eigenvalue weighted by Crippen LogP contribution is 2.39. The van der Waals surface area contributed by atoms with Gasteiger partial charge < -0.3 is 9.47 Å². The zero-order valence-electron chi connectivity index (χ0n) is 17.9. The molecule has 1 atom stereocenters. The molecule has 0 radical (unpaired) electrons. The van der Waals surface area contributed by atoms with E-state index in [0.29, 0.717) is 34.2 Å². The molecule has 32 heavy (non-hydrogen) atoms. The molecule has 0 N–H and O–H groups in total. The van der Waals surface area contributed by atoms with Crippen molar-refractivity contribution in [3.05, 3.63) is 88.4 Å². The Morgan fingerprint density at radius 3 is 2.41 bits per heavy atom. The van der Waals surface area contributed by atoms with Crippen molar-refractivity contribution >= 4 is 27.3 Å². The first kappa shape index (κ1) is 22.2. The molecule has 0 bridgehead atoms. The zero-order chi connectivity index (χ0) is 22.9. The fourth-order valence-corrected chi connectivity index (χ4v) is 5.67. The molecule has 8 heteroatoms. The Balaban J connectivity index is 1.83. The van der Waals surface area contributed by atoms with Crippen LogP contribution in [0, 0.1) is 6.92 Å². The summed E-state index contributed by atoms with van der Waals surface area (Å²) in [5.74, 6) is 1.14. The van der Waals surface area contributed by atoms with E-state index in [4.69, 9.17) is 21.1 Å². The lowest BCUT2D eigenvalue weighted by Gasteiger charge is -2.24. The van der Waals surface area contributed by atoms with Crippen LogP contribution in [0.25, 0.3) is 0 Å². The molecule has 1 aliphatic rings. The maximum Gasteiger partial charge on any atom is 0.279 e. The first-order valence-electron chi connectivity index (χ1n) is 10.0. The predicted octanol–water partition coefficient (Wildman–Crippen LogP) is 5.21. The Morgan fingerprint density at radius 2 is 1.72 bits per heavy atom. The van der Waals surface area contributed by atoms with Crippen molar-refractivity contribution in [3.8, 4) is 11.5 Å². The van der Waals surface area contributed by atoms with Gasteiger partial charge in [0, 0.05) is 17.0 Å². The number of nitrogens with zero attached hydrogens (tertiary/aromatic N) is 2. The van der Waals surface area contributed by atoms with Crippen LogP contribution in [0.4, 0.5) is 0 Å². The van der Waals surface area contributed by atoms with Crippen molar-refractivity contribution in [1.29, 1.82) is 0 Å². The van der Waals surface area contributed by atoms with Crippen molar-refractivity contribution in [2.24, 2.45) is 5.10 Å². The van der Waals surface area contributed by atoms with E-state index in [1.165, 1.54) is 4.41 Å². The molecule has 1 aliphatic heterocycles. The van der Waals surface area contributed by atoms with Crippen molar-refractivity contribution < 1.29 is 17.9 Å². The van der Waals surface area contributed by atoms with Crippen molar-refractivity contribution in [1.82, 2.24) is 4.41 Å². The molecule has 0 aliphatic carbocycles. The summed E-state index contributed by atoms with van der Waals surface area (Å²) in [6, 6.07) is 19.0. The van der Waals surface area contributed by atoms with Gasteiger partial charge in [0.15, 0.2) is 11.5 Å². The molecule has 4 rings (SSSR count). The van der Waals surface area contributed by atoms with E-state index in [-0.39, 0.29) is 4.90 Å². The smallest absolute Gasteiger partial charge is 0.279 e. The molecular formula is C24H23ClN2O4S. The monoisotopic (exact) mass is 470 g/mol. The summed E-state index contributed by atoms with van der Waals surface area (Å²) in [4.78, 5) is 0.226. The number of hydrogen-bond donors (Lipinski definition) is 0. The minimum Gasteiger partial charge on any atom is -0.493 e. The Hall–Kier alpha value is -3.03. The third-order valence-corrected chi connectivity index (χ3v) is 7.52. The average molecular weight is 471 g/mol. The Labute approximate surface area is 193 Å². The molecule has 0 amide bonds. The molecule has 1 heterocycles. The predicted molar refractivity (Wildman–Crippen MR) is 125 cm³/mol. The number of aryl methyl sites for hydroxylation is 1. The van der Waals surface area contributed by atoms with E-state index in [2.05, 4.69) is 5.10 Å². The number of hydrazone groups is 1. The molecule has 6 nitrogen and oxygen atoms in total. The summed E-state index contributed by atoms with van der Waals surface area (Å²) in [6.45, 7) is 1.77. The highest BCUT2D eigenvalue weighted by atomic mass is 35.5. The van der Waals surface area contributed by atoms with Crippen LogP contribution < -0.4 is 9.47 Å². The highest BCUT2D eigenvalue weighted by Gasteiger charge is 2.38. The molecular weight excluding hydrogens is 448 g/mol. The lowest BCUT2D eigenvalue weighted by atomic mass is 9.99. The standard InChI is InChI=1S/C24H23ClN2O4S/c1-16-7-4-5-10-24(16)32(28,29)27-21(18-8-6-9-19(25)13-18)15-20(26-27)17-11-12-22(30-2)23(14-17)31-3/h4-14,21H,15H2,1-3H3/t21-/m1/s1. The lowest BCUT2D eigenvalue weighted by molar-refractivity contribution is 0.355. The molecule has 0 saturated carbocycles. The summed E-state index contributed by atoms with van der Waals surface area (Å²) in [6.07, 6.45) is 0.390. The number of rotatable bonds is 6. The minimum atomic E-state index is -3.90. The largest absolute Gasteiger partial charge is 0.493 e. The molecule has 3 aromatic carbocycles. The second-order valence-corrected chi connectivity index (χ2v) is 9.63. The molecule has 0 fully saturated rings. The number of ether oxygens (including phenoxy) is 2. The Bertz CT molecular complexity index is 1290. The van der Waals surface area contributed by atoms with Crippen LogP contribution >= 0.6 is 11.6 Å². The molecule has 0 unspecified atom stereocenters. The van der Waals surface area contributed by atoms with Crippen LogP contribution in [-0.4, -0.2) is 32.8 Å². The number of hydrogen-bond acceptors (Lipinski definition) is 5. The Morgan fingerprint density at radius 1 is 0.969 bits per heavy atom. The van der Waals surface area contributed by atoms with Gasteiger partial charge in [-0.25, -0.2) is 0 Å². The van der Waals surface area contributed by atoms with Crippen LogP contribution in [0.1, 0.15) is 29.2 Å². The molecule has 166 valence electrons. The van der Waals surface area contributed by atoms with Crippen molar-refractivity contribution in [2.45, 2.75) is 24.3 Å². The van der Waals surface area contributed by atoms with E-state index < -0.39 is 16.1 Å². The van der Waals surface area contributed by atoms with Gasteiger partial charge in [-0.2, -0.15) is 17.9 Å². The molecule has 3 aromatic rings. The number of halogens is 1. The van der Waals surface area contributed by atoms with Gasteiger partial charge in [0.05, 0.1) is 30.9 Å². The second kappa shape index (κ2) is 8.84. The third-order valence-electron chi connectivity index (χ3n) is 5.44. The van der Waals surface area contributed by atoms with Crippen LogP contribution in [0.15, 0.2) is 76.7 Å². The van der Waals surface area contributed by atoms with E-state index in [1.54, 1.807) is 63.6 Å². The summed E-state index contributed by atoms with van der Waals surface area (Å²) in [5.41, 5.74) is 2.83.